The van der Waals surface area contributed by atoms with Crippen LogP contribution in [-0.2, 0) is 10.3 Å². The van der Waals surface area contributed by atoms with Gasteiger partial charge in [0.2, 0.25) is 0 Å². The van der Waals surface area contributed by atoms with Crippen LogP contribution >= 0.6 is 11.6 Å². The summed E-state index contributed by atoms with van der Waals surface area (Å²) in [5.41, 5.74) is 5.99. The lowest BCUT2D eigenvalue weighted by Crippen LogP contribution is -2.41. The van der Waals surface area contributed by atoms with E-state index in [-0.39, 0.29) is 11.9 Å². The molecule has 5 nitrogen and oxygen atoms in total. The molecule has 3 amide bonds. The van der Waals surface area contributed by atoms with Crippen LogP contribution < -0.4 is 11.1 Å². The first-order chi connectivity index (χ1) is 9.40. The number of halogens is 1. The minimum absolute atomic E-state index is 0.252. The van der Waals surface area contributed by atoms with Gasteiger partial charge in [-0.3, -0.25) is 9.69 Å². The van der Waals surface area contributed by atoms with Crippen LogP contribution in [0.3, 0.4) is 0 Å². The highest BCUT2D eigenvalue weighted by atomic mass is 35.5. The van der Waals surface area contributed by atoms with Crippen molar-refractivity contribution in [2.24, 2.45) is 5.73 Å². The van der Waals surface area contributed by atoms with Crippen molar-refractivity contribution in [1.29, 1.82) is 0 Å². The van der Waals surface area contributed by atoms with Gasteiger partial charge in [-0.1, -0.05) is 23.7 Å². The normalized spacial score (nSPS) is 22.3. The molecule has 6 heteroatoms. The number of nitrogens with one attached hydrogen (secondary N) is 1. The van der Waals surface area contributed by atoms with E-state index in [4.69, 9.17) is 17.3 Å². The number of benzene rings is 1. The van der Waals surface area contributed by atoms with Gasteiger partial charge in [0.15, 0.2) is 0 Å². The number of hydrogen-bond acceptors (Lipinski definition) is 3. The van der Waals surface area contributed by atoms with Crippen LogP contribution in [0.25, 0.3) is 0 Å². The van der Waals surface area contributed by atoms with E-state index in [9.17, 15) is 9.59 Å². The highest BCUT2D eigenvalue weighted by Gasteiger charge is 2.48. The lowest BCUT2D eigenvalue weighted by molar-refractivity contribution is -0.131. The Hall–Kier alpha value is -1.59. The molecule has 0 radical (unpaired) electrons. The van der Waals surface area contributed by atoms with Crippen molar-refractivity contribution >= 4 is 23.5 Å². The van der Waals surface area contributed by atoms with E-state index in [1.165, 1.54) is 4.90 Å². The number of nitrogens with two attached hydrogens (primary N) is 1. The zero-order chi connectivity index (χ0) is 14.9. The van der Waals surface area contributed by atoms with Crippen molar-refractivity contribution in [3.8, 4) is 0 Å². The number of rotatable bonds is 4. The van der Waals surface area contributed by atoms with Gasteiger partial charge < -0.3 is 11.1 Å². The van der Waals surface area contributed by atoms with Crippen LogP contribution in [0.4, 0.5) is 4.79 Å². The molecule has 0 saturated carbocycles. The van der Waals surface area contributed by atoms with E-state index in [1.54, 1.807) is 19.1 Å². The maximum absolute atomic E-state index is 12.5. The largest absolute Gasteiger partial charge is 0.330 e. The minimum atomic E-state index is -1.04. The first-order valence-electron chi connectivity index (χ1n) is 6.51. The zero-order valence-electron chi connectivity index (χ0n) is 11.6. The van der Waals surface area contributed by atoms with Gasteiger partial charge in [-0.25, -0.2) is 4.79 Å². The molecule has 0 bridgehead atoms. The molecule has 1 aliphatic rings. The Labute approximate surface area is 123 Å². The Morgan fingerprint density at radius 1 is 1.40 bits per heavy atom. The van der Waals surface area contributed by atoms with Crippen LogP contribution in [0.15, 0.2) is 18.2 Å². The van der Waals surface area contributed by atoms with Crippen molar-refractivity contribution in [2.45, 2.75) is 25.8 Å². The summed E-state index contributed by atoms with van der Waals surface area (Å²) in [7, 11) is 0. The van der Waals surface area contributed by atoms with Gasteiger partial charge in [0.05, 0.1) is 0 Å². The Morgan fingerprint density at radius 2 is 2.10 bits per heavy atom. The molecule has 1 heterocycles. The molecule has 0 aromatic heterocycles. The van der Waals surface area contributed by atoms with E-state index in [1.807, 2.05) is 13.0 Å². The van der Waals surface area contributed by atoms with E-state index in [0.717, 1.165) is 11.1 Å². The summed E-state index contributed by atoms with van der Waals surface area (Å²) in [5.74, 6) is -0.252. The van der Waals surface area contributed by atoms with Gasteiger partial charge >= 0.3 is 6.03 Å². The smallest absolute Gasteiger partial charge is 0.325 e. The molecule has 1 fully saturated rings. The Morgan fingerprint density at radius 3 is 2.70 bits per heavy atom. The SMILES string of the molecule is Cc1cc(C2(C)NC(=O)N(CCCN)C2=O)ccc1Cl. The number of hydrogen-bond donors (Lipinski definition) is 2. The number of urea groups is 1. The molecule has 1 aliphatic heterocycles. The fourth-order valence-corrected chi connectivity index (χ4v) is 2.42. The van der Waals surface area contributed by atoms with E-state index in [0.29, 0.717) is 24.5 Å². The molecule has 3 N–H and O–H groups in total. The van der Waals surface area contributed by atoms with Gasteiger partial charge in [-0.05, 0) is 44.0 Å². The Kier molecular flexibility index (Phi) is 4.01. The van der Waals surface area contributed by atoms with Crippen LogP contribution in [0.2, 0.25) is 5.02 Å². The van der Waals surface area contributed by atoms with Crippen molar-refractivity contribution in [2.75, 3.05) is 13.1 Å². The fourth-order valence-electron chi connectivity index (χ4n) is 2.30. The molecule has 1 atom stereocenters. The summed E-state index contributed by atoms with van der Waals surface area (Å²) in [4.78, 5) is 25.7. The summed E-state index contributed by atoms with van der Waals surface area (Å²) in [6.45, 7) is 4.35. The van der Waals surface area contributed by atoms with Crippen LogP contribution in [0.5, 0.6) is 0 Å². The number of amides is 3. The van der Waals surface area contributed by atoms with Gasteiger partial charge in [-0.2, -0.15) is 0 Å². The monoisotopic (exact) mass is 295 g/mol. The third-order valence-electron chi connectivity index (χ3n) is 3.60. The minimum Gasteiger partial charge on any atom is -0.330 e. The molecule has 1 aromatic rings. The molecule has 0 spiro atoms. The second-order valence-electron chi connectivity index (χ2n) is 5.12. The molecule has 2 rings (SSSR count). The maximum Gasteiger partial charge on any atom is 0.325 e. The molecular formula is C14H18ClN3O2. The van der Waals surface area contributed by atoms with Crippen LogP contribution in [0.1, 0.15) is 24.5 Å². The molecule has 1 unspecified atom stereocenters. The number of nitrogens with zero attached hydrogens (tertiary/aromatic N) is 1. The standard InChI is InChI=1S/C14H18ClN3O2/c1-9-8-10(4-5-11(9)15)14(2)12(19)18(7-3-6-16)13(20)17-14/h4-5,8H,3,6-7,16H2,1-2H3,(H,17,20). The average Bonchev–Trinajstić information content (AvgIpc) is 2.62. The van der Waals surface area contributed by atoms with Gasteiger partial charge in [0, 0.05) is 11.6 Å². The topological polar surface area (TPSA) is 75.4 Å². The number of imide groups is 1. The van der Waals surface area contributed by atoms with Gasteiger partial charge in [-0.15, -0.1) is 0 Å². The molecule has 1 saturated heterocycles. The molecule has 1 aromatic carbocycles. The third kappa shape index (κ3) is 2.39. The molecule has 0 aliphatic carbocycles. The lowest BCUT2D eigenvalue weighted by Gasteiger charge is -2.23. The van der Waals surface area contributed by atoms with Crippen molar-refractivity contribution in [1.82, 2.24) is 10.2 Å². The predicted molar refractivity (Wildman–Crippen MR) is 77.5 cm³/mol. The summed E-state index contributed by atoms with van der Waals surface area (Å²) in [5, 5.41) is 3.39. The first-order valence-corrected chi connectivity index (χ1v) is 6.88. The van der Waals surface area contributed by atoms with Crippen molar-refractivity contribution in [3.05, 3.63) is 34.3 Å². The predicted octanol–water partition coefficient (Wildman–Crippen LogP) is 1.76. The number of aryl methyl sites for hydroxylation is 1. The van der Waals surface area contributed by atoms with E-state index >= 15 is 0 Å². The second kappa shape index (κ2) is 5.42. The molecular weight excluding hydrogens is 278 g/mol. The summed E-state index contributed by atoms with van der Waals surface area (Å²) in [6.07, 6.45) is 0.592. The first kappa shape index (κ1) is 14.8. The summed E-state index contributed by atoms with van der Waals surface area (Å²) in [6, 6.07) is 4.95. The lowest BCUT2D eigenvalue weighted by atomic mass is 9.91. The van der Waals surface area contributed by atoms with Crippen molar-refractivity contribution in [3.63, 3.8) is 0 Å². The number of carbonyl (C=O) groups is 2. The quantitative estimate of drug-likeness (QED) is 0.831. The summed E-state index contributed by atoms with van der Waals surface area (Å²) >= 11 is 6.00. The third-order valence-corrected chi connectivity index (χ3v) is 4.02. The molecule has 108 valence electrons. The van der Waals surface area contributed by atoms with E-state index < -0.39 is 5.54 Å². The zero-order valence-corrected chi connectivity index (χ0v) is 12.3. The maximum atomic E-state index is 12.5. The van der Waals surface area contributed by atoms with E-state index in [2.05, 4.69) is 5.32 Å². The van der Waals surface area contributed by atoms with Crippen LogP contribution in [-0.4, -0.2) is 29.9 Å². The number of carbonyl (C=O) groups excluding carboxylic acids is 2. The fraction of sp³-hybridized carbons (Fsp3) is 0.429. The van der Waals surface area contributed by atoms with Crippen molar-refractivity contribution < 1.29 is 9.59 Å². The Bertz CT molecular complexity index is 561. The van der Waals surface area contributed by atoms with Gasteiger partial charge in [0.1, 0.15) is 5.54 Å². The van der Waals surface area contributed by atoms with Crippen LogP contribution in [0, 0.1) is 6.92 Å². The molecule has 20 heavy (non-hydrogen) atoms. The Balaban J connectivity index is 2.33. The average molecular weight is 296 g/mol. The van der Waals surface area contributed by atoms with Gasteiger partial charge in [0.25, 0.3) is 5.91 Å². The summed E-state index contributed by atoms with van der Waals surface area (Å²) < 4.78 is 0. The second-order valence-corrected chi connectivity index (χ2v) is 5.53. The highest BCUT2D eigenvalue weighted by molar-refractivity contribution is 6.31. The highest BCUT2D eigenvalue weighted by Crippen LogP contribution is 2.31.